The van der Waals surface area contributed by atoms with Gasteiger partial charge >= 0.3 is 0 Å². The van der Waals surface area contributed by atoms with Crippen molar-refractivity contribution in [3.05, 3.63) is 24.2 Å². The number of ether oxygens (including phenoxy) is 1. The van der Waals surface area contributed by atoms with Gasteiger partial charge in [-0.25, -0.2) is 0 Å². The summed E-state index contributed by atoms with van der Waals surface area (Å²) in [6, 6.07) is 3.54. The summed E-state index contributed by atoms with van der Waals surface area (Å²) in [7, 11) is 1.53. The Bertz CT molecular complexity index is 160. The van der Waals surface area contributed by atoms with Crippen molar-refractivity contribution >= 4 is 0 Å². The monoisotopic (exact) mass is 127 g/mol. The molecule has 0 unspecified atom stereocenters. The molecule has 0 fully saturated rings. The number of hydrogen-bond donors (Lipinski definition) is 1. The zero-order chi connectivity index (χ0) is 6.69. The summed E-state index contributed by atoms with van der Waals surface area (Å²) in [5.74, 6) is 0.650. The largest absolute Gasteiger partial charge is 0.465 e. The van der Waals surface area contributed by atoms with E-state index in [1.807, 2.05) is 0 Å². The molecule has 0 saturated carbocycles. The van der Waals surface area contributed by atoms with Gasteiger partial charge in [0.05, 0.1) is 6.26 Å². The molecule has 0 aliphatic heterocycles. The summed E-state index contributed by atoms with van der Waals surface area (Å²) in [5.41, 5.74) is 5.42. The molecule has 1 heterocycles. The average molecular weight is 127 g/mol. The van der Waals surface area contributed by atoms with E-state index >= 15 is 0 Å². The number of methoxy groups -OCH3 is 1. The van der Waals surface area contributed by atoms with Crippen molar-refractivity contribution in [2.24, 2.45) is 5.73 Å². The lowest BCUT2D eigenvalue weighted by Gasteiger charge is -2.03. The van der Waals surface area contributed by atoms with Gasteiger partial charge in [-0.15, -0.1) is 0 Å². The highest BCUT2D eigenvalue weighted by Crippen LogP contribution is 2.09. The van der Waals surface area contributed by atoms with E-state index in [2.05, 4.69) is 0 Å². The molecule has 0 aliphatic rings. The van der Waals surface area contributed by atoms with Crippen LogP contribution in [-0.4, -0.2) is 7.11 Å². The summed E-state index contributed by atoms with van der Waals surface area (Å²) in [6.07, 6.45) is 1.13. The maximum atomic E-state index is 5.42. The minimum Gasteiger partial charge on any atom is -0.465 e. The molecule has 0 bridgehead atoms. The normalized spacial score (nSPS) is 13.6. The second-order valence-electron chi connectivity index (χ2n) is 1.67. The molecule has 0 saturated heterocycles. The van der Waals surface area contributed by atoms with Gasteiger partial charge < -0.3 is 9.15 Å². The van der Waals surface area contributed by atoms with E-state index in [9.17, 15) is 0 Å². The van der Waals surface area contributed by atoms with Crippen LogP contribution in [0, 0.1) is 0 Å². The van der Waals surface area contributed by atoms with E-state index in [4.69, 9.17) is 14.9 Å². The van der Waals surface area contributed by atoms with Crippen molar-refractivity contribution in [1.29, 1.82) is 0 Å². The molecular weight excluding hydrogens is 118 g/mol. The van der Waals surface area contributed by atoms with Gasteiger partial charge in [0, 0.05) is 7.11 Å². The Morgan fingerprint density at radius 2 is 2.56 bits per heavy atom. The molecule has 1 atom stereocenters. The number of rotatable bonds is 2. The fourth-order valence-electron chi connectivity index (χ4n) is 0.569. The minimum atomic E-state index is -0.431. The molecular formula is C6H9NO2. The Labute approximate surface area is 53.4 Å². The van der Waals surface area contributed by atoms with Gasteiger partial charge in [-0.2, -0.15) is 0 Å². The Kier molecular flexibility index (Phi) is 1.87. The minimum absolute atomic E-state index is 0.431. The number of nitrogens with two attached hydrogens (primary N) is 1. The van der Waals surface area contributed by atoms with Crippen LogP contribution in [0.25, 0.3) is 0 Å². The summed E-state index contributed by atoms with van der Waals surface area (Å²) in [6.45, 7) is 0. The standard InChI is InChI=1S/C6H9NO2/c1-8-6(7)5-3-2-4-9-5/h2-4,6H,7H2,1H3/t6-/m1/s1. The Balaban J connectivity index is 2.65. The van der Waals surface area contributed by atoms with Crippen molar-refractivity contribution < 1.29 is 9.15 Å². The highest BCUT2D eigenvalue weighted by molar-refractivity contribution is 5.00. The van der Waals surface area contributed by atoms with E-state index in [1.165, 1.54) is 7.11 Å². The highest BCUT2D eigenvalue weighted by Gasteiger charge is 2.04. The molecule has 0 radical (unpaired) electrons. The number of hydrogen-bond acceptors (Lipinski definition) is 3. The first kappa shape index (κ1) is 6.32. The van der Waals surface area contributed by atoms with Gasteiger partial charge in [0.2, 0.25) is 0 Å². The maximum absolute atomic E-state index is 5.42. The molecule has 9 heavy (non-hydrogen) atoms. The quantitative estimate of drug-likeness (QED) is 0.600. The van der Waals surface area contributed by atoms with Crippen LogP contribution in [0.5, 0.6) is 0 Å². The van der Waals surface area contributed by atoms with Gasteiger partial charge in [0.1, 0.15) is 5.76 Å². The second kappa shape index (κ2) is 2.66. The number of furan rings is 1. The zero-order valence-corrected chi connectivity index (χ0v) is 5.20. The van der Waals surface area contributed by atoms with Crippen molar-refractivity contribution in [1.82, 2.24) is 0 Å². The van der Waals surface area contributed by atoms with Crippen LogP contribution < -0.4 is 5.73 Å². The lowest BCUT2D eigenvalue weighted by atomic mass is 10.4. The highest BCUT2D eigenvalue weighted by atomic mass is 16.5. The third kappa shape index (κ3) is 1.31. The molecule has 0 aliphatic carbocycles. The second-order valence-corrected chi connectivity index (χ2v) is 1.67. The zero-order valence-electron chi connectivity index (χ0n) is 5.20. The first-order valence-corrected chi connectivity index (χ1v) is 2.66. The molecule has 2 N–H and O–H groups in total. The van der Waals surface area contributed by atoms with Crippen LogP contribution >= 0.6 is 0 Å². The third-order valence-electron chi connectivity index (χ3n) is 1.08. The smallest absolute Gasteiger partial charge is 0.164 e. The molecule has 3 heteroatoms. The fraction of sp³-hybridized carbons (Fsp3) is 0.333. The van der Waals surface area contributed by atoms with Crippen molar-refractivity contribution in [3.8, 4) is 0 Å². The van der Waals surface area contributed by atoms with E-state index in [1.54, 1.807) is 18.4 Å². The summed E-state index contributed by atoms with van der Waals surface area (Å²) >= 11 is 0. The molecule has 1 aromatic heterocycles. The third-order valence-corrected chi connectivity index (χ3v) is 1.08. The Morgan fingerprint density at radius 1 is 1.78 bits per heavy atom. The van der Waals surface area contributed by atoms with Crippen molar-refractivity contribution in [3.63, 3.8) is 0 Å². The van der Waals surface area contributed by atoms with E-state index < -0.39 is 6.23 Å². The molecule has 3 nitrogen and oxygen atoms in total. The molecule has 0 spiro atoms. The first-order valence-electron chi connectivity index (χ1n) is 2.66. The Hall–Kier alpha value is -0.800. The molecule has 50 valence electrons. The van der Waals surface area contributed by atoms with Crippen molar-refractivity contribution in [2.75, 3.05) is 7.11 Å². The van der Waals surface area contributed by atoms with E-state index in [0.717, 1.165) is 0 Å². The predicted octanol–water partition coefficient (Wildman–Crippen LogP) is 0.883. The lowest BCUT2D eigenvalue weighted by molar-refractivity contribution is 0.0895. The van der Waals surface area contributed by atoms with Crippen LogP contribution in [0.3, 0.4) is 0 Å². The van der Waals surface area contributed by atoms with Gasteiger partial charge in [0.15, 0.2) is 6.23 Å². The maximum Gasteiger partial charge on any atom is 0.164 e. The Morgan fingerprint density at radius 3 is 3.00 bits per heavy atom. The SMILES string of the molecule is CO[C@@H](N)c1ccco1. The summed E-state index contributed by atoms with van der Waals surface area (Å²) in [5, 5.41) is 0. The van der Waals surface area contributed by atoms with E-state index in [-0.39, 0.29) is 0 Å². The van der Waals surface area contributed by atoms with Gasteiger partial charge in [-0.1, -0.05) is 0 Å². The molecule has 1 aromatic rings. The lowest BCUT2D eigenvalue weighted by Crippen LogP contribution is -2.10. The van der Waals surface area contributed by atoms with Crippen LogP contribution in [0.2, 0.25) is 0 Å². The van der Waals surface area contributed by atoms with Gasteiger partial charge in [0.25, 0.3) is 0 Å². The topological polar surface area (TPSA) is 48.4 Å². The first-order chi connectivity index (χ1) is 4.34. The molecule has 0 amide bonds. The average Bonchev–Trinajstić information content (AvgIpc) is 2.37. The van der Waals surface area contributed by atoms with Crippen molar-refractivity contribution in [2.45, 2.75) is 6.23 Å². The predicted molar refractivity (Wildman–Crippen MR) is 32.6 cm³/mol. The van der Waals surface area contributed by atoms with Crippen LogP contribution in [0.4, 0.5) is 0 Å². The molecule has 0 aromatic carbocycles. The molecule has 1 rings (SSSR count). The van der Waals surface area contributed by atoms with Gasteiger partial charge in [-0.3, -0.25) is 5.73 Å². The summed E-state index contributed by atoms with van der Waals surface area (Å²) < 4.78 is 9.71. The van der Waals surface area contributed by atoms with Crippen LogP contribution in [-0.2, 0) is 4.74 Å². The van der Waals surface area contributed by atoms with Gasteiger partial charge in [-0.05, 0) is 12.1 Å². The fourth-order valence-corrected chi connectivity index (χ4v) is 0.569. The van der Waals surface area contributed by atoms with E-state index in [0.29, 0.717) is 5.76 Å². The summed E-state index contributed by atoms with van der Waals surface area (Å²) in [4.78, 5) is 0. The van der Waals surface area contributed by atoms with Crippen LogP contribution in [0.15, 0.2) is 22.8 Å². The van der Waals surface area contributed by atoms with Crippen LogP contribution in [0.1, 0.15) is 12.0 Å².